The molecular formula is C28H43N5O5. The number of fused-ring (bicyclic) bond motifs is 1. The maximum absolute atomic E-state index is 14.2. The molecule has 0 bridgehead atoms. The lowest BCUT2D eigenvalue weighted by molar-refractivity contribution is -0.140. The van der Waals surface area contributed by atoms with Crippen molar-refractivity contribution in [1.82, 2.24) is 24.7 Å². The lowest BCUT2D eigenvalue weighted by atomic mass is 9.92. The fraction of sp³-hybridized carbons (Fsp3) is 0.679. The third-order valence-corrected chi connectivity index (χ3v) is 7.39. The standard InChI is InChI=1S/C28H43N5O5/c1-20(2)19-33(22-15-21(17-29-18-22)27(34)31-10-13-38-14-11-31)28(35)26-30-24-8-7-23(37-4)16-25(24)32(26)9-5-6-12-36-3/h7-8,16,20-22,29H,5-6,9-15,17-19H2,1-4H3/t21-,22+/m1/s1. The predicted molar refractivity (Wildman–Crippen MR) is 145 cm³/mol. The highest BCUT2D eigenvalue weighted by atomic mass is 16.5. The summed E-state index contributed by atoms with van der Waals surface area (Å²) in [5, 5.41) is 3.44. The molecule has 0 unspecified atom stereocenters. The van der Waals surface area contributed by atoms with E-state index >= 15 is 0 Å². The molecule has 2 aliphatic rings. The number of rotatable bonds is 11. The van der Waals surface area contributed by atoms with Crippen LogP contribution in [0.3, 0.4) is 0 Å². The number of hydrogen-bond acceptors (Lipinski definition) is 7. The van der Waals surface area contributed by atoms with Gasteiger partial charge in [-0.3, -0.25) is 9.59 Å². The summed E-state index contributed by atoms with van der Waals surface area (Å²) in [6.07, 6.45) is 2.40. The molecule has 2 aromatic rings. The second-order valence-electron chi connectivity index (χ2n) is 10.7. The number of methoxy groups -OCH3 is 2. The van der Waals surface area contributed by atoms with Crippen molar-refractivity contribution in [2.75, 3.05) is 66.8 Å². The lowest BCUT2D eigenvalue weighted by Gasteiger charge is -2.40. The van der Waals surface area contributed by atoms with Crippen LogP contribution in [0.2, 0.25) is 0 Å². The Labute approximate surface area is 225 Å². The van der Waals surface area contributed by atoms with Gasteiger partial charge in [0.15, 0.2) is 5.82 Å². The van der Waals surface area contributed by atoms with Crippen LogP contribution in [0, 0.1) is 11.8 Å². The number of aromatic nitrogens is 2. The zero-order chi connectivity index (χ0) is 27.1. The van der Waals surface area contributed by atoms with Crippen molar-refractivity contribution in [2.24, 2.45) is 11.8 Å². The Morgan fingerprint density at radius 2 is 1.97 bits per heavy atom. The number of unbranched alkanes of at least 4 members (excludes halogenated alkanes) is 1. The zero-order valence-electron chi connectivity index (χ0n) is 23.3. The van der Waals surface area contributed by atoms with Crippen LogP contribution in [0.1, 0.15) is 43.7 Å². The van der Waals surface area contributed by atoms with E-state index in [4.69, 9.17) is 19.2 Å². The van der Waals surface area contributed by atoms with Gasteiger partial charge in [-0.1, -0.05) is 13.8 Å². The Kier molecular flexibility index (Phi) is 9.98. The number of aryl methyl sites for hydroxylation is 1. The first-order valence-corrected chi connectivity index (χ1v) is 13.8. The highest BCUT2D eigenvalue weighted by Gasteiger charge is 2.36. The summed E-state index contributed by atoms with van der Waals surface area (Å²) in [7, 11) is 3.34. The quantitative estimate of drug-likeness (QED) is 0.447. The van der Waals surface area contributed by atoms with Crippen LogP contribution in [0.15, 0.2) is 18.2 Å². The number of nitrogens with zero attached hydrogens (tertiary/aromatic N) is 4. The molecule has 4 rings (SSSR count). The number of benzene rings is 1. The molecule has 10 heteroatoms. The molecule has 2 saturated heterocycles. The first-order valence-electron chi connectivity index (χ1n) is 13.8. The van der Waals surface area contributed by atoms with Crippen molar-refractivity contribution in [3.8, 4) is 5.75 Å². The van der Waals surface area contributed by atoms with Gasteiger partial charge in [0.25, 0.3) is 5.91 Å². The van der Waals surface area contributed by atoms with Crippen molar-refractivity contribution in [1.29, 1.82) is 0 Å². The molecule has 1 aromatic carbocycles. The van der Waals surface area contributed by atoms with Crippen LogP contribution in [0.5, 0.6) is 5.75 Å². The third-order valence-electron chi connectivity index (χ3n) is 7.39. The summed E-state index contributed by atoms with van der Waals surface area (Å²) >= 11 is 0. The van der Waals surface area contributed by atoms with Crippen LogP contribution in [0.25, 0.3) is 11.0 Å². The number of morpholine rings is 1. The van der Waals surface area contributed by atoms with Crippen LogP contribution in [-0.4, -0.2) is 104 Å². The van der Waals surface area contributed by atoms with Crippen LogP contribution < -0.4 is 10.1 Å². The van der Waals surface area contributed by atoms with Gasteiger partial charge in [-0.2, -0.15) is 0 Å². The normalized spacial score (nSPS) is 20.2. The summed E-state index contributed by atoms with van der Waals surface area (Å²) in [5.41, 5.74) is 1.66. The summed E-state index contributed by atoms with van der Waals surface area (Å²) < 4.78 is 18.1. The SMILES string of the molecule is COCCCCn1c(C(=O)N(CC(C)C)[C@@H]2CNC[C@H](C(=O)N3CCOCC3)C2)nc2ccc(OC)cc21. The third kappa shape index (κ3) is 6.65. The van der Waals surface area contributed by atoms with Gasteiger partial charge in [0.1, 0.15) is 5.75 Å². The maximum atomic E-state index is 14.2. The van der Waals surface area contributed by atoms with Crippen molar-refractivity contribution < 1.29 is 23.8 Å². The second kappa shape index (κ2) is 13.4. The molecule has 38 heavy (non-hydrogen) atoms. The molecule has 210 valence electrons. The average Bonchev–Trinajstić information content (AvgIpc) is 3.31. The van der Waals surface area contributed by atoms with Gasteiger partial charge in [-0.25, -0.2) is 4.98 Å². The lowest BCUT2D eigenvalue weighted by Crippen LogP contribution is -2.56. The average molecular weight is 530 g/mol. The molecule has 0 spiro atoms. The van der Waals surface area contributed by atoms with E-state index in [1.807, 2.05) is 32.6 Å². The van der Waals surface area contributed by atoms with Gasteiger partial charge in [0, 0.05) is 65.1 Å². The second-order valence-corrected chi connectivity index (χ2v) is 10.7. The predicted octanol–water partition coefficient (Wildman–Crippen LogP) is 2.41. The minimum absolute atomic E-state index is 0.0909. The van der Waals surface area contributed by atoms with E-state index in [9.17, 15) is 9.59 Å². The molecule has 2 amide bonds. The van der Waals surface area contributed by atoms with Crippen molar-refractivity contribution in [3.05, 3.63) is 24.0 Å². The Balaban J connectivity index is 1.61. The Bertz CT molecular complexity index is 1080. The summed E-state index contributed by atoms with van der Waals surface area (Å²) in [6, 6.07) is 5.63. The smallest absolute Gasteiger partial charge is 0.290 e. The molecule has 1 N–H and O–H groups in total. The topological polar surface area (TPSA) is 98.2 Å². The maximum Gasteiger partial charge on any atom is 0.290 e. The fourth-order valence-corrected chi connectivity index (χ4v) is 5.44. The van der Waals surface area contributed by atoms with Crippen LogP contribution in [0.4, 0.5) is 0 Å². The molecule has 2 atom stereocenters. The van der Waals surface area contributed by atoms with Gasteiger partial charge in [0.2, 0.25) is 5.91 Å². The van der Waals surface area contributed by atoms with E-state index in [0.29, 0.717) is 71.3 Å². The number of ether oxygens (including phenoxy) is 3. The summed E-state index contributed by atoms with van der Waals surface area (Å²) in [6.45, 7) is 9.88. The molecule has 2 fully saturated rings. The first kappa shape index (κ1) is 28.3. The van der Waals surface area contributed by atoms with E-state index in [1.165, 1.54) is 0 Å². The van der Waals surface area contributed by atoms with Gasteiger partial charge in [0.05, 0.1) is 37.3 Å². The van der Waals surface area contributed by atoms with Gasteiger partial charge in [-0.15, -0.1) is 0 Å². The van der Waals surface area contributed by atoms with E-state index in [0.717, 1.165) is 29.6 Å². The molecule has 10 nitrogen and oxygen atoms in total. The number of imidazole rings is 1. The van der Waals surface area contributed by atoms with Crippen LogP contribution in [-0.2, 0) is 20.8 Å². The zero-order valence-corrected chi connectivity index (χ0v) is 23.3. The molecule has 3 heterocycles. The highest BCUT2D eigenvalue weighted by Crippen LogP contribution is 2.26. The van der Waals surface area contributed by atoms with Gasteiger partial charge < -0.3 is 33.9 Å². The van der Waals surface area contributed by atoms with Crippen LogP contribution >= 0.6 is 0 Å². The largest absolute Gasteiger partial charge is 0.497 e. The number of carbonyl (C=O) groups excluding carboxylic acids is 2. The minimum atomic E-state index is -0.161. The van der Waals surface area contributed by atoms with Gasteiger partial charge in [-0.05, 0) is 37.3 Å². The van der Waals surface area contributed by atoms with E-state index < -0.39 is 0 Å². The van der Waals surface area contributed by atoms with E-state index in [2.05, 4.69) is 19.2 Å². The first-order chi connectivity index (χ1) is 18.4. The fourth-order valence-electron chi connectivity index (χ4n) is 5.44. The molecule has 2 aliphatic heterocycles. The Morgan fingerprint density at radius 1 is 1.18 bits per heavy atom. The molecular weight excluding hydrogens is 486 g/mol. The molecule has 1 aromatic heterocycles. The monoisotopic (exact) mass is 529 g/mol. The summed E-state index contributed by atoms with van der Waals surface area (Å²) in [4.78, 5) is 36.2. The number of hydrogen-bond donors (Lipinski definition) is 1. The molecule has 0 radical (unpaired) electrons. The molecule has 0 saturated carbocycles. The summed E-state index contributed by atoms with van der Waals surface area (Å²) in [5.74, 6) is 1.34. The Hall–Kier alpha value is -2.69. The van der Waals surface area contributed by atoms with E-state index in [1.54, 1.807) is 14.2 Å². The highest BCUT2D eigenvalue weighted by molar-refractivity contribution is 5.95. The van der Waals surface area contributed by atoms with Crippen molar-refractivity contribution in [3.63, 3.8) is 0 Å². The minimum Gasteiger partial charge on any atom is -0.497 e. The van der Waals surface area contributed by atoms with Gasteiger partial charge >= 0.3 is 0 Å². The molecule has 0 aliphatic carbocycles. The van der Waals surface area contributed by atoms with Crippen molar-refractivity contribution in [2.45, 2.75) is 45.7 Å². The number of nitrogens with one attached hydrogen (secondary N) is 1. The number of piperidine rings is 1. The van der Waals surface area contributed by atoms with Crippen molar-refractivity contribution >= 4 is 22.8 Å². The number of carbonyl (C=O) groups is 2. The number of amides is 2. The Morgan fingerprint density at radius 3 is 2.68 bits per heavy atom. The van der Waals surface area contributed by atoms with E-state index in [-0.39, 0.29) is 29.7 Å².